The summed E-state index contributed by atoms with van der Waals surface area (Å²) in [7, 11) is 1.95. The zero-order chi connectivity index (χ0) is 14.9. The summed E-state index contributed by atoms with van der Waals surface area (Å²) < 4.78 is 5.64. The van der Waals surface area contributed by atoms with Crippen molar-refractivity contribution in [3.05, 3.63) is 53.7 Å². The highest BCUT2D eigenvalue weighted by Gasteiger charge is 2.03. The van der Waals surface area contributed by atoms with E-state index >= 15 is 0 Å². The molecular formula is C16H18N4O. The van der Waals surface area contributed by atoms with Gasteiger partial charge in [-0.25, -0.2) is 0 Å². The summed E-state index contributed by atoms with van der Waals surface area (Å²) in [6.07, 6.45) is 0.908. The van der Waals surface area contributed by atoms with Crippen molar-refractivity contribution in [1.82, 2.24) is 10.2 Å². The first-order chi connectivity index (χ1) is 10.3. The Morgan fingerprint density at radius 3 is 2.62 bits per heavy atom. The van der Waals surface area contributed by atoms with Gasteiger partial charge in [0.1, 0.15) is 6.07 Å². The smallest absolute Gasteiger partial charge is 0.163 e. The van der Waals surface area contributed by atoms with Gasteiger partial charge < -0.3 is 9.64 Å². The molecule has 0 bridgehead atoms. The number of benzene rings is 1. The molecule has 0 aliphatic rings. The number of hydrogen-bond acceptors (Lipinski definition) is 5. The molecule has 0 aliphatic heterocycles. The molecule has 0 aliphatic carbocycles. The molecule has 2 aromatic rings. The second-order valence-electron chi connectivity index (χ2n) is 4.70. The van der Waals surface area contributed by atoms with Crippen LogP contribution in [0.3, 0.4) is 0 Å². The van der Waals surface area contributed by atoms with Crippen LogP contribution in [0.15, 0.2) is 42.5 Å². The maximum atomic E-state index is 8.68. The van der Waals surface area contributed by atoms with Crippen molar-refractivity contribution in [1.29, 1.82) is 5.26 Å². The second kappa shape index (κ2) is 7.98. The van der Waals surface area contributed by atoms with Crippen LogP contribution in [-0.2, 0) is 11.3 Å². The van der Waals surface area contributed by atoms with Crippen LogP contribution in [0.5, 0.6) is 0 Å². The third-order valence-corrected chi connectivity index (χ3v) is 3.05. The number of ether oxygens (including phenoxy) is 1. The lowest BCUT2D eigenvalue weighted by atomic mass is 10.2. The summed E-state index contributed by atoms with van der Waals surface area (Å²) in [6.45, 7) is 2.17. The fourth-order valence-electron chi connectivity index (χ4n) is 1.87. The fourth-order valence-corrected chi connectivity index (χ4v) is 1.87. The predicted molar refractivity (Wildman–Crippen MR) is 80.7 cm³/mol. The normalized spacial score (nSPS) is 10.1. The van der Waals surface area contributed by atoms with Crippen LogP contribution >= 0.6 is 0 Å². The van der Waals surface area contributed by atoms with Gasteiger partial charge in [0.05, 0.1) is 6.61 Å². The Hall–Kier alpha value is -2.45. The first kappa shape index (κ1) is 14.9. The number of nitriles is 1. The molecule has 108 valence electrons. The minimum Gasteiger partial charge on any atom is -0.377 e. The highest BCUT2D eigenvalue weighted by Crippen LogP contribution is 2.08. The molecule has 2 rings (SSSR count). The molecule has 0 radical (unpaired) electrons. The maximum Gasteiger partial charge on any atom is 0.163 e. The Labute approximate surface area is 124 Å². The molecule has 5 heteroatoms. The van der Waals surface area contributed by atoms with E-state index in [2.05, 4.69) is 22.3 Å². The number of rotatable bonds is 7. The van der Waals surface area contributed by atoms with Gasteiger partial charge in [0.15, 0.2) is 11.5 Å². The van der Waals surface area contributed by atoms with Crippen LogP contribution in [0.1, 0.15) is 17.7 Å². The van der Waals surface area contributed by atoms with Crippen molar-refractivity contribution < 1.29 is 4.74 Å². The van der Waals surface area contributed by atoms with E-state index < -0.39 is 0 Å². The van der Waals surface area contributed by atoms with Crippen molar-refractivity contribution in [2.24, 2.45) is 0 Å². The van der Waals surface area contributed by atoms with Crippen LogP contribution in [-0.4, -0.2) is 30.4 Å². The van der Waals surface area contributed by atoms with Crippen molar-refractivity contribution in [3.8, 4) is 6.07 Å². The molecule has 1 heterocycles. The minimum atomic E-state index is 0.332. The zero-order valence-electron chi connectivity index (χ0n) is 12.1. The molecule has 0 saturated carbocycles. The van der Waals surface area contributed by atoms with Gasteiger partial charge in [-0.05, 0) is 24.1 Å². The van der Waals surface area contributed by atoms with Crippen LogP contribution in [0.4, 0.5) is 5.82 Å². The molecule has 21 heavy (non-hydrogen) atoms. The van der Waals surface area contributed by atoms with Gasteiger partial charge in [0, 0.05) is 20.2 Å². The molecule has 5 nitrogen and oxygen atoms in total. The second-order valence-corrected chi connectivity index (χ2v) is 4.70. The largest absolute Gasteiger partial charge is 0.377 e. The topological polar surface area (TPSA) is 62.0 Å². The molecule has 0 fully saturated rings. The van der Waals surface area contributed by atoms with E-state index in [1.165, 1.54) is 5.56 Å². The third kappa shape index (κ3) is 4.86. The van der Waals surface area contributed by atoms with E-state index in [0.717, 1.165) is 18.8 Å². The van der Waals surface area contributed by atoms with Gasteiger partial charge in [-0.15, -0.1) is 10.2 Å². The lowest BCUT2D eigenvalue weighted by Crippen LogP contribution is -2.21. The molecule has 0 amide bonds. The van der Waals surface area contributed by atoms with Gasteiger partial charge in [0.2, 0.25) is 0 Å². The Morgan fingerprint density at radius 1 is 1.14 bits per heavy atom. The molecule has 1 aromatic heterocycles. The minimum absolute atomic E-state index is 0.332. The summed E-state index contributed by atoms with van der Waals surface area (Å²) in [5, 5.41) is 16.5. The van der Waals surface area contributed by atoms with E-state index in [-0.39, 0.29) is 0 Å². The quantitative estimate of drug-likeness (QED) is 0.730. The summed E-state index contributed by atoms with van der Waals surface area (Å²) in [4.78, 5) is 2.00. The molecule has 0 atom stereocenters. The average molecular weight is 282 g/mol. The molecule has 0 saturated heterocycles. The van der Waals surface area contributed by atoms with E-state index in [1.807, 2.05) is 36.2 Å². The van der Waals surface area contributed by atoms with E-state index in [4.69, 9.17) is 10.00 Å². The predicted octanol–water partition coefficient (Wildman–Crippen LogP) is 2.39. The Balaban J connectivity index is 1.67. The number of nitrogens with zero attached hydrogens (tertiary/aromatic N) is 4. The number of hydrogen-bond donors (Lipinski definition) is 0. The van der Waals surface area contributed by atoms with Crippen molar-refractivity contribution in [2.75, 3.05) is 25.1 Å². The highest BCUT2D eigenvalue weighted by atomic mass is 16.5. The van der Waals surface area contributed by atoms with Crippen molar-refractivity contribution >= 4 is 5.82 Å². The van der Waals surface area contributed by atoms with Gasteiger partial charge in [-0.1, -0.05) is 30.3 Å². The SMILES string of the molecule is CN(CCCOCc1ccccc1)c1ccc(C#N)nn1. The monoisotopic (exact) mass is 282 g/mol. The fraction of sp³-hybridized carbons (Fsp3) is 0.312. The highest BCUT2D eigenvalue weighted by molar-refractivity contribution is 5.37. The van der Waals surface area contributed by atoms with Crippen LogP contribution in [0.25, 0.3) is 0 Å². The Kier molecular flexibility index (Phi) is 5.68. The van der Waals surface area contributed by atoms with E-state index in [0.29, 0.717) is 18.9 Å². The number of aromatic nitrogens is 2. The summed E-state index contributed by atoms with van der Waals surface area (Å²) in [6, 6.07) is 15.6. The summed E-state index contributed by atoms with van der Waals surface area (Å²) >= 11 is 0. The third-order valence-electron chi connectivity index (χ3n) is 3.05. The van der Waals surface area contributed by atoms with E-state index in [1.54, 1.807) is 12.1 Å². The van der Waals surface area contributed by atoms with E-state index in [9.17, 15) is 0 Å². The Bertz CT molecular complexity index is 577. The summed E-state index contributed by atoms with van der Waals surface area (Å²) in [5.74, 6) is 0.761. The molecule has 0 unspecified atom stereocenters. The Morgan fingerprint density at radius 2 is 1.95 bits per heavy atom. The molecule has 0 spiro atoms. The average Bonchev–Trinajstić information content (AvgIpc) is 2.55. The van der Waals surface area contributed by atoms with Gasteiger partial charge >= 0.3 is 0 Å². The molecular weight excluding hydrogens is 264 g/mol. The van der Waals surface area contributed by atoms with Crippen LogP contribution in [0.2, 0.25) is 0 Å². The van der Waals surface area contributed by atoms with Gasteiger partial charge in [-0.2, -0.15) is 5.26 Å². The van der Waals surface area contributed by atoms with Gasteiger partial charge in [-0.3, -0.25) is 0 Å². The lowest BCUT2D eigenvalue weighted by molar-refractivity contribution is 0.119. The van der Waals surface area contributed by atoms with Crippen LogP contribution in [0, 0.1) is 11.3 Å². The lowest BCUT2D eigenvalue weighted by Gasteiger charge is -2.17. The van der Waals surface area contributed by atoms with Crippen molar-refractivity contribution in [2.45, 2.75) is 13.0 Å². The van der Waals surface area contributed by atoms with Gasteiger partial charge in [0.25, 0.3) is 0 Å². The standard InChI is InChI=1S/C16H18N4O/c1-20(16-9-8-15(12-17)18-19-16)10-5-11-21-13-14-6-3-2-4-7-14/h2-4,6-9H,5,10-11,13H2,1H3. The number of anilines is 1. The maximum absolute atomic E-state index is 8.68. The first-order valence-electron chi connectivity index (χ1n) is 6.86. The molecule has 1 aromatic carbocycles. The zero-order valence-corrected chi connectivity index (χ0v) is 12.1. The van der Waals surface area contributed by atoms with Crippen LogP contribution < -0.4 is 4.90 Å². The summed E-state index contributed by atoms with van der Waals surface area (Å²) in [5.41, 5.74) is 1.52. The first-order valence-corrected chi connectivity index (χ1v) is 6.86. The van der Waals surface area contributed by atoms with Crippen molar-refractivity contribution in [3.63, 3.8) is 0 Å². The molecule has 0 N–H and O–H groups in total.